The van der Waals surface area contributed by atoms with Gasteiger partial charge in [0.25, 0.3) is 0 Å². The number of hydrogen-bond donors (Lipinski definition) is 4. The molecule has 158 valence electrons. The second-order valence-electron chi connectivity index (χ2n) is 6.67. The fourth-order valence-electron chi connectivity index (χ4n) is 2.84. The summed E-state index contributed by atoms with van der Waals surface area (Å²) in [6, 6.07) is 9.62. The highest BCUT2D eigenvalue weighted by Crippen LogP contribution is 2.32. The molecule has 0 bridgehead atoms. The summed E-state index contributed by atoms with van der Waals surface area (Å²) >= 11 is 0. The van der Waals surface area contributed by atoms with Gasteiger partial charge in [0.1, 0.15) is 0 Å². The fourth-order valence-corrected chi connectivity index (χ4v) is 2.84. The van der Waals surface area contributed by atoms with E-state index in [4.69, 9.17) is 4.74 Å². The zero-order valence-corrected chi connectivity index (χ0v) is 19.0. The van der Waals surface area contributed by atoms with Gasteiger partial charge in [-0.05, 0) is 44.6 Å². The molecule has 0 aliphatic heterocycles. The third-order valence-corrected chi connectivity index (χ3v) is 4.45. The number of carbonyl (C=O) groups excluding carboxylic acids is 1. The van der Waals surface area contributed by atoms with Crippen molar-refractivity contribution in [1.29, 1.82) is 0 Å². The number of nitrogens with one attached hydrogen (secondary N) is 3. The van der Waals surface area contributed by atoms with Gasteiger partial charge in [0.15, 0.2) is 5.96 Å². The third-order valence-electron chi connectivity index (χ3n) is 4.45. The Hall–Kier alpha value is -1.55. The zero-order chi connectivity index (χ0) is 19.5. The minimum Gasteiger partial charge on any atom is -0.450 e. The number of nitrogens with zero attached hydrogens (tertiary/aromatic N) is 1. The summed E-state index contributed by atoms with van der Waals surface area (Å²) in [7, 11) is 0. The molecule has 1 aliphatic rings. The number of amides is 1. The highest BCUT2D eigenvalue weighted by molar-refractivity contribution is 14.0. The largest absolute Gasteiger partial charge is 0.450 e. The lowest BCUT2D eigenvalue weighted by Crippen LogP contribution is -2.42. The molecule has 1 amide bonds. The molecular formula is C20H33IN4O3. The summed E-state index contributed by atoms with van der Waals surface area (Å²) in [5, 5.41) is 19.6. The molecule has 0 aromatic heterocycles. The molecule has 0 spiro atoms. The van der Waals surface area contributed by atoms with E-state index in [2.05, 4.69) is 20.9 Å². The van der Waals surface area contributed by atoms with E-state index >= 15 is 0 Å². The summed E-state index contributed by atoms with van der Waals surface area (Å²) in [5.74, 6) is 1.16. The summed E-state index contributed by atoms with van der Waals surface area (Å²) in [6.07, 6.45) is 1.92. The number of aliphatic hydroxyl groups excluding tert-OH is 1. The van der Waals surface area contributed by atoms with Gasteiger partial charge < -0.3 is 25.8 Å². The van der Waals surface area contributed by atoms with Crippen LogP contribution in [-0.4, -0.2) is 49.4 Å². The van der Waals surface area contributed by atoms with Crippen LogP contribution in [0.1, 0.15) is 44.8 Å². The van der Waals surface area contributed by atoms with Crippen LogP contribution < -0.4 is 16.0 Å². The molecule has 2 rings (SSSR count). The number of hydrogen-bond acceptors (Lipinski definition) is 4. The number of halogens is 1. The van der Waals surface area contributed by atoms with Gasteiger partial charge in [-0.25, -0.2) is 4.79 Å². The van der Waals surface area contributed by atoms with Crippen molar-refractivity contribution in [2.24, 2.45) is 10.9 Å². The quantitative estimate of drug-likeness (QED) is 0.223. The zero-order valence-electron chi connectivity index (χ0n) is 16.7. The van der Waals surface area contributed by atoms with Crippen molar-refractivity contribution in [3.63, 3.8) is 0 Å². The minimum absolute atomic E-state index is 0. The summed E-state index contributed by atoms with van der Waals surface area (Å²) < 4.78 is 4.98. The van der Waals surface area contributed by atoms with Crippen molar-refractivity contribution in [3.8, 4) is 0 Å². The molecule has 8 heteroatoms. The number of aliphatic imine (C=N–C) groups is 1. The van der Waals surface area contributed by atoms with Crippen molar-refractivity contribution in [2.45, 2.75) is 45.3 Å². The number of aliphatic hydroxyl groups is 1. The van der Waals surface area contributed by atoms with Crippen LogP contribution in [-0.2, 0) is 4.74 Å². The Bertz CT molecular complexity index is 596. The van der Waals surface area contributed by atoms with E-state index in [1.165, 1.54) is 0 Å². The Balaban J connectivity index is 0.00000392. The van der Waals surface area contributed by atoms with Gasteiger partial charge in [0.2, 0.25) is 0 Å². The van der Waals surface area contributed by atoms with Crippen LogP contribution in [0.25, 0.3) is 0 Å². The van der Waals surface area contributed by atoms with Crippen molar-refractivity contribution in [3.05, 3.63) is 35.9 Å². The first-order chi connectivity index (χ1) is 13.1. The molecule has 28 heavy (non-hydrogen) atoms. The topological polar surface area (TPSA) is 95.0 Å². The van der Waals surface area contributed by atoms with E-state index < -0.39 is 6.10 Å². The predicted octanol–water partition coefficient (Wildman–Crippen LogP) is 2.81. The van der Waals surface area contributed by atoms with Gasteiger partial charge in [0, 0.05) is 13.1 Å². The Morgan fingerprint density at radius 1 is 1.25 bits per heavy atom. The molecule has 2 atom stereocenters. The summed E-state index contributed by atoms with van der Waals surface area (Å²) in [6.45, 7) is 6.00. The number of rotatable bonds is 10. The van der Waals surface area contributed by atoms with Crippen molar-refractivity contribution < 1.29 is 14.6 Å². The maximum atomic E-state index is 11.7. The van der Waals surface area contributed by atoms with Gasteiger partial charge in [-0.1, -0.05) is 30.3 Å². The average Bonchev–Trinajstić information content (AvgIpc) is 3.51. The van der Waals surface area contributed by atoms with Gasteiger partial charge >= 0.3 is 6.09 Å². The first kappa shape index (κ1) is 24.5. The van der Waals surface area contributed by atoms with Crippen LogP contribution >= 0.6 is 24.0 Å². The lowest BCUT2D eigenvalue weighted by molar-refractivity contribution is 0.147. The summed E-state index contributed by atoms with van der Waals surface area (Å²) in [4.78, 5) is 16.3. The maximum absolute atomic E-state index is 11.7. The second kappa shape index (κ2) is 13.6. The van der Waals surface area contributed by atoms with E-state index in [9.17, 15) is 9.90 Å². The first-order valence-corrected chi connectivity index (χ1v) is 9.82. The molecule has 1 aromatic carbocycles. The van der Waals surface area contributed by atoms with Crippen LogP contribution in [0, 0.1) is 5.92 Å². The van der Waals surface area contributed by atoms with Gasteiger partial charge in [-0.2, -0.15) is 0 Å². The Kier molecular flexibility index (Phi) is 11.9. The normalized spacial score (nSPS) is 15.8. The van der Waals surface area contributed by atoms with Crippen LogP contribution in [0.5, 0.6) is 0 Å². The van der Waals surface area contributed by atoms with E-state index in [0.717, 1.165) is 24.9 Å². The van der Waals surface area contributed by atoms with Crippen LogP contribution in [0.15, 0.2) is 35.3 Å². The Morgan fingerprint density at radius 3 is 2.57 bits per heavy atom. The number of alkyl carbamates (subject to hydrolysis) is 1. The number of benzene rings is 1. The average molecular weight is 504 g/mol. The van der Waals surface area contributed by atoms with Gasteiger partial charge in [-0.15, -0.1) is 24.0 Å². The molecule has 7 nitrogen and oxygen atoms in total. The maximum Gasteiger partial charge on any atom is 0.407 e. The number of ether oxygens (including phenoxy) is 1. The third kappa shape index (κ3) is 9.09. The van der Waals surface area contributed by atoms with Crippen molar-refractivity contribution in [2.75, 3.05) is 26.2 Å². The lowest BCUT2D eigenvalue weighted by Gasteiger charge is -2.18. The van der Waals surface area contributed by atoms with E-state index in [1.54, 1.807) is 6.92 Å². The lowest BCUT2D eigenvalue weighted by atomic mass is 10.1. The molecular weight excluding hydrogens is 471 g/mol. The molecule has 1 aliphatic carbocycles. The minimum atomic E-state index is -0.508. The van der Waals surface area contributed by atoms with Crippen LogP contribution in [0.3, 0.4) is 0 Å². The van der Waals surface area contributed by atoms with Crippen molar-refractivity contribution in [1.82, 2.24) is 16.0 Å². The Morgan fingerprint density at radius 2 is 1.96 bits per heavy atom. The molecule has 1 fully saturated rings. The number of guanidine groups is 1. The standard InChI is InChI=1S/C20H32N4O3.HI/c1-3-21-19(22-13-12-18(25)16-8-6-5-7-9-16)23-14-17(15-10-11-15)24-20(26)27-4-2;/h5-9,15,17-18,25H,3-4,10-14H2,1-2H3,(H,24,26)(H2,21,22,23);1H. The Labute approximate surface area is 184 Å². The molecule has 0 saturated heterocycles. The van der Waals surface area contributed by atoms with Gasteiger partial charge in [-0.3, -0.25) is 4.99 Å². The SMILES string of the molecule is CCNC(=NCC(NC(=O)OCC)C1CC1)NCCC(O)c1ccccc1.I. The summed E-state index contributed by atoms with van der Waals surface area (Å²) in [5.41, 5.74) is 0.911. The van der Waals surface area contributed by atoms with Crippen LogP contribution in [0.2, 0.25) is 0 Å². The van der Waals surface area contributed by atoms with Crippen molar-refractivity contribution >= 4 is 36.0 Å². The fraction of sp³-hybridized carbons (Fsp3) is 0.600. The predicted molar refractivity (Wildman–Crippen MR) is 122 cm³/mol. The molecule has 4 N–H and O–H groups in total. The van der Waals surface area contributed by atoms with Gasteiger partial charge in [0.05, 0.1) is 25.3 Å². The second-order valence-corrected chi connectivity index (χ2v) is 6.67. The highest BCUT2D eigenvalue weighted by atomic mass is 127. The van der Waals surface area contributed by atoms with E-state index in [0.29, 0.717) is 38.0 Å². The molecule has 1 aromatic rings. The molecule has 0 heterocycles. The van der Waals surface area contributed by atoms with E-state index in [1.807, 2.05) is 37.3 Å². The number of carbonyl (C=O) groups is 1. The molecule has 0 radical (unpaired) electrons. The van der Waals surface area contributed by atoms with E-state index in [-0.39, 0.29) is 36.1 Å². The molecule has 2 unspecified atom stereocenters. The highest BCUT2D eigenvalue weighted by Gasteiger charge is 2.32. The monoisotopic (exact) mass is 504 g/mol. The van der Waals surface area contributed by atoms with Crippen LogP contribution in [0.4, 0.5) is 4.79 Å². The first-order valence-electron chi connectivity index (χ1n) is 9.82. The molecule has 1 saturated carbocycles. The smallest absolute Gasteiger partial charge is 0.407 e.